The zero-order valence-electron chi connectivity index (χ0n) is 7.93. The average molecular weight is 196 g/mol. The van der Waals surface area contributed by atoms with Crippen LogP contribution in [0.4, 0.5) is 0 Å². The first-order valence-corrected chi connectivity index (χ1v) is 4.42. The van der Waals surface area contributed by atoms with Crippen molar-refractivity contribution >= 4 is 11.8 Å². The summed E-state index contributed by atoms with van der Waals surface area (Å²) in [4.78, 5) is 21.7. The topological polar surface area (TPSA) is 72.2 Å². The lowest BCUT2D eigenvalue weighted by molar-refractivity contribution is -0.136. The third kappa shape index (κ3) is 2.42. The van der Waals surface area contributed by atoms with Gasteiger partial charge >= 0.3 is 5.97 Å². The van der Waals surface area contributed by atoms with Crippen molar-refractivity contribution in [3.8, 4) is 0 Å². The van der Waals surface area contributed by atoms with Crippen LogP contribution in [0, 0.1) is 0 Å². The van der Waals surface area contributed by atoms with Crippen molar-refractivity contribution in [3.63, 3.8) is 0 Å². The van der Waals surface area contributed by atoms with Crippen LogP contribution in [0.3, 0.4) is 0 Å². The molecule has 1 rings (SSSR count). The van der Waals surface area contributed by atoms with Gasteiger partial charge in [0.2, 0.25) is 0 Å². The average Bonchev–Trinajstić information content (AvgIpc) is 2.61. The van der Waals surface area contributed by atoms with Crippen LogP contribution in [0.25, 0.3) is 0 Å². The highest BCUT2D eigenvalue weighted by molar-refractivity contribution is 5.95. The predicted octanol–water partition coefficient (Wildman–Crippen LogP) is 0.951. The molecule has 0 saturated heterocycles. The van der Waals surface area contributed by atoms with E-state index in [2.05, 4.69) is 5.10 Å². The first-order valence-electron chi connectivity index (χ1n) is 4.42. The third-order valence-electron chi connectivity index (χ3n) is 1.87. The number of carboxylic acids is 1. The maximum atomic E-state index is 11.5. The second-order valence-electron chi connectivity index (χ2n) is 2.85. The Bertz CT molecular complexity index is 344. The monoisotopic (exact) mass is 196 g/mol. The van der Waals surface area contributed by atoms with E-state index in [0.29, 0.717) is 12.2 Å². The van der Waals surface area contributed by atoms with Crippen LogP contribution in [0.5, 0.6) is 0 Å². The molecule has 0 bridgehead atoms. The van der Waals surface area contributed by atoms with Crippen LogP contribution in [0.15, 0.2) is 12.3 Å². The number of aryl methyl sites for hydroxylation is 1. The van der Waals surface area contributed by atoms with Gasteiger partial charge in [-0.2, -0.15) is 5.10 Å². The van der Waals surface area contributed by atoms with Crippen molar-refractivity contribution in [2.45, 2.75) is 26.3 Å². The van der Waals surface area contributed by atoms with E-state index in [0.717, 1.165) is 0 Å². The molecule has 0 saturated carbocycles. The Hall–Kier alpha value is -1.65. The van der Waals surface area contributed by atoms with Crippen LogP contribution < -0.4 is 0 Å². The summed E-state index contributed by atoms with van der Waals surface area (Å²) < 4.78 is 1.56. The van der Waals surface area contributed by atoms with Crippen molar-refractivity contribution in [1.29, 1.82) is 0 Å². The summed E-state index contributed by atoms with van der Waals surface area (Å²) in [5.74, 6) is -1.13. The first-order chi connectivity index (χ1) is 6.65. The Morgan fingerprint density at radius 1 is 1.50 bits per heavy atom. The Labute approximate surface area is 81.3 Å². The van der Waals surface area contributed by atoms with Gasteiger partial charge in [-0.3, -0.25) is 14.3 Å². The van der Waals surface area contributed by atoms with E-state index in [9.17, 15) is 9.59 Å². The fourth-order valence-corrected chi connectivity index (χ4v) is 1.17. The fourth-order valence-electron chi connectivity index (χ4n) is 1.17. The Kier molecular flexibility index (Phi) is 3.39. The summed E-state index contributed by atoms with van der Waals surface area (Å²) in [5, 5.41) is 12.3. The van der Waals surface area contributed by atoms with Gasteiger partial charge < -0.3 is 5.11 Å². The van der Waals surface area contributed by atoms with E-state index in [1.165, 1.54) is 6.20 Å². The van der Waals surface area contributed by atoms with Gasteiger partial charge in [-0.15, -0.1) is 0 Å². The zero-order valence-corrected chi connectivity index (χ0v) is 7.93. The van der Waals surface area contributed by atoms with E-state index >= 15 is 0 Å². The molecule has 1 aromatic rings. The van der Waals surface area contributed by atoms with Gasteiger partial charge in [-0.25, -0.2) is 0 Å². The Balaban J connectivity index is 2.64. The van der Waals surface area contributed by atoms with Crippen molar-refractivity contribution in [1.82, 2.24) is 9.78 Å². The smallest absolute Gasteiger partial charge is 0.303 e. The van der Waals surface area contributed by atoms with Gasteiger partial charge in [-0.05, 0) is 13.0 Å². The largest absolute Gasteiger partial charge is 0.481 e. The lowest BCUT2D eigenvalue weighted by Gasteiger charge is -2.01. The molecule has 14 heavy (non-hydrogen) atoms. The number of nitrogens with zero attached hydrogens (tertiary/aromatic N) is 2. The van der Waals surface area contributed by atoms with Gasteiger partial charge in [0.15, 0.2) is 5.78 Å². The highest BCUT2D eigenvalue weighted by atomic mass is 16.4. The Morgan fingerprint density at radius 2 is 2.21 bits per heavy atom. The summed E-state index contributed by atoms with van der Waals surface area (Å²) in [6.45, 7) is 2.49. The summed E-state index contributed by atoms with van der Waals surface area (Å²) in [5.41, 5.74) is 0.480. The number of aliphatic carboxylic acids is 1. The molecular weight excluding hydrogens is 184 g/mol. The van der Waals surface area contributed by atoms with Crippen LogP contribution in [0.2, 0.25) is 0 Å². The normalized spacial score (nSPS) is 10.1. The standard InChI is InChI=1S/C9H12N2O3/c1-2-11-7(5-6-10-11)8(12)3-4-9(13)14/h5-6H,2-4H2,1H3,(H,13,14). The second-order valence-corrected chi connectivity index (χ2v) is 2.85. The van der Waals surface area contributed by atoms with Gasteiger partial charge in [0.1, 0.15) is 5.69 Å². The SMILES string of the molecule is CCn1nccc1C(=O)CCC(=O)O. The number of rotatable bonds is 5. The molecule has 1 aromatic heterocycles. The molecule has 5 nitrogen and oxygen atoms in total. The molecule has 0 aliphatic rings. The molecule has 0 unspecified atom stereocenters. The molecule has 76 valence electrons. The van der Waals surface area contributed by atoms with E-state index < -0.39 is 5.97 Å². The van der Waals surface area contributed by atoms with E-state index in [1.54, 1.807) is 10.7 Å². The number of carbonyl (C=O) groups is 2. The minimum absolute atomic E-state index is 0.0288. The van der Waals surface area contributed by atoms with Gasteiger partial charge in [0.25, 0.3) is 0 Å². The molecule has 0 spiro atoms. The predicted molar refractivity (Wildman–Crippen MR) is 49.1 cm³/mol. The van der Waals surface area contributed by atoms with E-state index in [1.807, 2.05) is 6.92 Å². The molecular formula is C9H12N2O3. The molecule has 0 radical (unpaired) electrons. The second kappa shape index (κ2) is 4.55. The summed E-state index contributed by atoms with van der Waals surface area (Å²) >= 11 is 0. The van der Waals surface area contributed by atoms with Gasteiger partial charge in [0.05, 0.1) is 6.42 Å². The summed E-state index contributed by atoms with van der Waals surface area (Å²) in [7, 11) is 0. The van der Waals surface area contributed by atoms with Crippen molar-refractivity contribution in [2.24, 2.45) is 0 Å². The number of hydrogen-bond donors (Lipinski definition) is 1. The highest BCUT2D eigenvalue weighted by Crippen LogP contribution is 2.05. The van der Waals surface area contributed by atoms with Crippen molar-refractivity contribution in [2.75, 3.05) is 0 Å². The molecule has 5 heteroatoms. The quantitative estimate of drug-likeness (QED) is 0.711. The number of Topliss-reactive ketones (excluding diaryl/α,β-unsaturated/α-hetero) is 1. The number of aromatic nitrogens is 2. The molecule has 0 aromatic carbocycles. The van der Waals surface area contributed by atoms with Crippen LogP contribution in [-0.4, -0.2) is 26.6 Å². The molecule has 1 N–H and O–H groups in total. The number of carboxylic acid groups (broad SMARTS) is 1. The molecule has 0 amide bonds. The maximum Gasteiger partial charge on any atom is 0.303 e. The van der Waals surface area contributed by atoms with Gasteiger partial charge in [-0.1, -0.05) is 0 Å². The summed E-state index contributed by atoms with van der Waals surface area (Å²) in [6.07, 6.45) is 1.44. The van der Waals surface area contributed by atoms with Crippen LogP contribution >= 0.6 is 0 Å². The zero-order chi connectivity index (χ0) is 10.6. The number of hydrogen-bond acceptors (Lipinski definition) is 3. The molecule has 0 aliphatic heterocycles. The number of ketones is 1. The Morgan fingerprint density at radius 3 is 2.79 bits per heavy atom. The van der Waals surface area contributed by atoms with Crippen LogP contribution in [-0.2, 0) is 11.3 Å². The van der Waals surface area contributed by atoms with Gasteiger partial charge in [0, 0.05) is 19.2 Å². The van der Waals surface area contributed by atoms with Crippen molar-refractivity contribution in [3.05, 3.63) is 18.0 Å². The number of carbonyl (C=O) groups excluding carboxylic acids is 1. The molecule has 0 fully saturated rings. The molecule has 0 aliphatic carbocycles. The molecule has 0 atom stereocenters. The minimum atomic E-state index is -0.957. The van der Waals surface area contributed by atoms with E-state index in [4.69, 9.17) is 5.11 Å². The summed E-state index contributed by atoms with van der Waals surface area (Å²) in [6, 6.07) is 1.60. The maximum absolute atomic E-state index is 11.5. The van der Waals surface area contributed by atoms with E-state index in [-0.39, 0.29) is 18.6 Å². The fraction of sp³-hybridized carbons (Fsp3) is 0.444. The van der Waals surface area contributed by atoms with Crippen LogP contribution in [0.1, 0.15) is 30.3 Å². The lowest BCUT2D eigenvalue weighted by atomic mass is 10.1. The third-order valence-corrected chi connectivity index (χ3v) is 1.87. The lowest BCUT2D eigenvalue weighted by Crippen LogP contribution is -2.10. The minimum Gasteiger partial charge on any atom is -0.481 e. The highest BCUT2D eigenvalue weighted by Gasteiger charge is 2.12. The molecule has 1 heterocycles. The van der Waals surface area contributed by atoms with Crippen molar-refractivity contribution < 1.29 is 14.7 Å². The first kappa shape index (κ1) is 10.4.